The number of carbonyl (C=O) groups excluding carboxylic acids is 1. The van der Waals surface area contributed by atoms with Gasteiger partial charge in [0.1, 0.15) is 23.7 Å². The molecule has 2 aromatic rings. The minimum Gasteiger partial charge on any atom is -0.435 e. The molecule has 2 aliphatic rings. The van der Waals surface area contributed by atoms with Crippen LogP contribution in [0.3, 0.4) is 0 Å². The zero-order valence-corrected chi connectivity index (χ0v) is 19.2. The van der Waals surface area contributed by atoms with Gasteiger partial charge in [-0.15, -0.1) is 0 Å². The maximum Gasteiger partial charge on any atom is 0.413 e. The molecule has 0 aromatic carbocycles. The monoisotopic (exact) mass is 482 g/mol. The first-order valence-corrected chi connectivity index (χ1v) is 10.9. The number of piperazine rings is 1. The van der Waals surface area contributed by atoms with E-state index in [1.807, 2.05) is 11.8 Å². The molecule has 12 heteroatoms. The molecule has 2 aliphatic heterocycles. The van der Waals surface area contributed by atoms with Crippen LogP contribution in [0.25, 0.3) is 11.4 Å². The van der Waals surface area contributed by atoms with Crippen LogP contribution < -0.4 is 15.5 Å². The summed E-state index contributed by atoms with van der Waals surface area (Å²) in [6, 6.07) is 2.59. The molecule has 0 bridgehead atoms. The highest BCUT2D eigenvalue weighted by Crippen LogP contribution is 2.47. The lowest BCUT2D eigenvalue weighted by Gasteiger charge is -2.35. The van der Waals surface area contributed by atoms with E-state index in [4.69, 9.17) is 4.74 Å². The Bertz CT molecular complexity index is 1090. The number of carbonyl (C=O) groups is 1. The highest BCUT2D eigenvalue weighted by Gasteiger charge is 2.46. The first-order chi connectivity index (χ1) is 15.9. The number of alkyl halides is 4. The number of rotatable bonds is 4. The lowest BCUT2D eigenvalue weighted by atomic mass is 9.83. The summed E-state index contributed by atoms with van der Waals surface area (Å²) in [7, 11) is 0. The molecule has 1 fully saturated rings. The molecule has 0 radical (unpaired) electrons. The summed E-state index contributed by atoms with van der Waals surface area (Å²) in [5, 5.41) is 5.55. The number of hydrogen-bond donors (Lipinski definition) is 2. The Balaban J connectivity index is 1.92. The maximum atomic E-state index is 15.5. The van der Waals surface area contributed by atoms with Crippen molar-refractivity contribution in [2.24, 2.45) is 5.41 Å². The Morgan fingerprint density at radius 2 is 1.94 bits per heavy atom. The van der Waals surface area contributed by atoms with Crippen LogP contribution in [-0.2, 0) is 10.7 Å². The normalized spacial score (nSPS) is 21.2. The number of nitrogens with one attached hydrogen (secondary N) is 2. The van der Waals surface area contributed by atoms with Gasteiger partial charge in [0.2, 0.25) is 0 Å². The predicted molar refractivity (Wildman–Crippen MR) is 117 cm³/mol. The van der Waals surface area contributed by atoms with Crippen LogP contribution in [-0.4, -0.2) is 53.1 Å². The van der Waals surface area contributed by atoms with Crippen LogP contribution in [0.1, 0.15) is 44.9 Å². The summed E-state index contributed by atoms with van der Waals surface area (Å²) in [5.41, 5.74) is -2.08. The van der Waals surface area contributed by atoms with E-state index in [-0.39, 0.29) is 40.2 Å². The van der Waals surface area contributed by atoms with Crippen molar-refractivity contribution >= 4 is 17.7 Å². The highest BCUT2D eigenvalue weighted by atomic mass is 19.3. The molecule has 184 valence electrons. The van der Waals surface area contributed by atoms with Crippen molar-refractivity contribution in [1.82, 2.24) is 20.3 Å². The fourth-order valence-corrected chi connectivity index (χ4v) is 4.00. The van der Waals surface area contributed by atoms with Gasteiger partial charge >= 0.3 is 6.09 Å². The second-order valence-corrected chi connectivity index (χ2v) is 9.49. The van der Waals surface area contributed by atoms with Crippen LogP contribution >= 0.6 is 0 Å². The number of fused-ring (bicyclic) bond motifs is 1. The fourth-order valence-electron chi connectivity index (χ4n) is 4.00. The Morgan fingerprint density at radius 3 is 2.59 bits per heavy atom. The van der Waals surface area contributed by atoms with Crippen molar-refractivity contribution in [2.75, 3.05) is 29.9 Å². The second kappa shape index (κ2) is 8.64. The SMILES string of the molecule is C[C@H]1CN(c2cc(C(F)(F)C(C)(C)C)cc(-c3ncnc4c3[C@H](C(F)F)OC(=O)N4)n2)CCN1. The van der Waals surface area contributed by atoms with Crippen LogP contribution in [0.2, 0.25) is 0 Å². The lowest BCUT2D eigenvalue weighted by molar-refractivity contribution is -0.104. The molecule has 0 unspecified atom stereocenters. The summed E-state index contributed by atoms with van der Waals surface area (Å²) < 4.78 is 63.3. The molecule has 4 heterocycles. The number of halogens is 4. The van der Waals surface area contributed by atoms with E-state index >= 15 is 8.78 Å². The molecular weight excluding hydrogens is 456 g/mol. The van der Waals surface area contributed by atoms with Gasteiger partial charge in [-0.2, -0.15) is 0 Å². The third kappa shape index (κ3) is 4.38. The van der Waals surface area contributed by atoms with E-state index in [1.165, 1.54) is 26.8 Å². The van der Waals surface area contributed by atoms with Gasteiger partial charge in [-0.05, 0) is 19.1 Å². The summed E-state index contributed by atoms with van der Waals surface area (Å²) in [6.07, 6.45) is -5.07. The van der Waals surface area contributed by atoms with Crippen LogP contribution in [0, 0.1) is 5.41 Å². The number of anilines is 2. The summed E-state index contributed by atoms with van der Waals surface area (Å²) in [6.45, 7) is 7.91. The molecule has 2 atom stereocenters. The van der Waals surface area contributed by atoms with Gasteiger partial charge in [-0.3, -0.25) is 5.32 Å². The standard InChI is InChI=1S/C22H26F4N6O2/c1-11-9-32(6-5-27-11)14-8-12(22(25,26)21(2,3)4)7-13(30-14)16-15-17(18(23)24)34-20(33)31-19(15)29-10-28-16/h7-8,10-11,17-18,27H,5-6,9H2,1-4H3,(H,28,29,31,33)/t11-,17+/m0/s1. The molecule has 0 saturated carbocycles. The van der Waals surface area contributed by atoms with Crippen molar-refractivity contribution in [3.8, 4) is 11.4 Å². The third-order valence-electron chi connectivity index (χ3n) is 5.90. The van der Waals surface area contributed by atoms with Gasteiger partial charge < -0.3 is 15.0 Å². The molecule has 1 saturated heterocycles. The molecule has 0 spiro atoms. The van der Waals surface area contributed by atoms with E-state index in [1.54, 1.807) is 0 Å². The van der Waals surface area contributed by atoms with E-state index in [0.29, 0.717) is 19.6 Å². The smallest absolute Gasteiger partial charge is 0.413 e. The van der Waals surface area contributed by atoms with E-state index in [9.17, 15) is 13.6 Å². The first-order valence-electron chi connectivity index (χ1n) is 10.9. The average molecular weight is 482 g/mol. The maximum absolute atomic E-state index is 15.5. The van der Waals surface area contributed by atoms with Gasteiger partial charge in [-0.25, -0.2) is 37.3 Å². The minimum atomic E-state index is -3.26. The second-order valence-electron chi connectivity index (χ2n) is 9.49. The van der Waals surface area contributed by atoms with Crippen molar-refractivity contribution in [3.63, 3.8) is 0 Å². The number of aromatic nitrogens is 3. The van der Waals surface area contributed by atoms with E-state index < -0.39 is 30.0 Å². The molecule has 34 heavy (non-hydrogen) atoms. The highest BCUT2D eigenvalue weighted by molar-refractivity contribution is 5.88. The van der Waals surface area contributed by atoms with Gasteiger partial charge in [0.25, 0.3) is 12.3 Å². The Hall–Kier alpha value is -3.02. The first kappa shape index (κ1) is 24.1. The molecule has 8 nitrogen and oxygen atoms in total. The van der Waals surface area contributed by atoms with Crippen LogP contribution in [0.4, 0.5) is 34.0 Å². The van der Waals surface area contributed by atoms with Crippen molar-refractivity contribution in [3.05, 3.63) is 29.6 Å². The number of hydrogen-bond acceptors (Lipinski definition) is 7. The zero-order chi connectivity index (χ0) is 24.8. The summed E-state index contributed by atoms with van der Waals surface area (Å²) in [5.74, 6) is -3.15. The summed E-state index contributed by atoms with van der Waals surface area (Å²) >= 11 is 0. The largest absolute Gasteiger partial charge is 0.435 e. The zero-order valence-electron chi connectivity index (χ0n) is 19.2. The number of nitrogens with zero attached hydrogens (tertiary/aromatic N) is 4. The molecular formula is C22H26F4N6O2. The Labute approximate surface area is 194 Å². The summed E-state index contributed by atoms with van der Waals surface area (Å²) in [4.78, 5) is 26.1. The van der Waals surface area contributed by atoms with Gasteiger partial charge in [0, 0.05) is 36.7 Å². The van der Waals surface area contributed by atoms with E-state index in [2.05, 4.69) is 25.6 Å². The molecule has 1 amide bonds. The van der Waals surface area contributed by atoms with Crippen LogP contribution in [0.5, 0.6) is 0 Å². The van der Waals surface area contributed by atoms with Gasteiger partial charge in [0.15, 0.2) is 6.10 Å². The van der Waals surface area contributed by atoms with Crippen molar-refractivity contribution in [1.29, 1.82) is 0 Å². The van der Waals surface area contributed by atoms with Crippen molar-refractivity contribution in [2.45, 2.75) is 52.2 Å². The average Bonchev–Trinajstić information content (AvgIpc) is 2.76. The lowest BCUT2D eigenvalue weighted by Crippen LogP contribution is -2.49. The number of amides is 1. The quantitative estimate of drug-likeness (QED) is 0.627. The van der Waals surface area contributed by atoms with Gasteiger partial charge in [-0.1, -0.05) is 20.8 Å². The topological polar surface area (TPSA) is 92.3 Å². The minimum absolute atomic E-state index is 0.0355. The fraction of sp³-hybridized carbons (Fsp3) is 0.545. The van der Waals surface area contributed by atoms with Crippen LogP contribution in [0.15, 0.2) is 18.5 Å². The van der Waals surface area contributed by atoms with Gasteiger partial charge in [0.05, 0.1) is 11.3 Å². The molecule has 2 aromatic heterocycles. The third-order valence-corrected chi connectivity index (χ3v) is 5.90. The Kier molecular flexibility index (Phi) is 6.13. The number of ether oxygens (including phenoxy) is 1. The molecule has 2 N–H and O–H groups in total. The van der Waals surface area contributed by atoms with E-state index in [0.717, 1.165) is 12.4 Å². The number of pyridine rings is 1. The predicted octanol–water partition coefficient (Wildman–Crippen LogP) is 4.34. The molecule has 0 aliphatic carbocycles. The number of cyclic esters (lactones) is 1. The molecule has 4 rings (SSSR count). The Morgan fingerprint density at radius 1 is 1.21 bits per heavy atom. The van der Waals surface area contributed by atoms with Crippen molar-refractivity contribution < 1.29 is 27.1 Å².